The van der Waals surface area contributed by atoms with Crippen molar-refractivity contribution in [3.8, 4) is 12.3 Å². The highest BCUT2D eigenvalue weighted by Crippen LogP contribution is 2.39. The van der Waals surface area contributed by atoms with Gasteiger partial charge in [-0.05, 0) is 50.9 Å². The van der Waals surface area contributed by atoms with Gasteiger partial charge in [0.05, 0.1) is 7.11 Å². The van der Waals surface area contributed by atoms with Gasteiger partial charge < -0.3 is 9.47 Å². The number of terminal acetylenes is 1. The Labute approximate surface area is 184 Å². The van der Waals surface area contributed by atoms with Crippen molar-refractivity contribution in [1.82, 2.24) is 0 Å². The van der Waals surface area contributed by atoms with E-state index in [1.807, 2.05) is 0 Å². The fourth-order valence-electron chi connectivity index (χ4n) is 4.49. The van der Waals surface area contributed by atoms with Crippen LogP contribution >= 0.6 is 0 Å². The lowest BCUT2D eigenvalue weighted by atomic mass is 9.88. The molecule has 0 aromatic carbocycles. The average Bonchev–Trinajstić information content (AvgIpc) is 3.10. The summed E-state index contributed by atoms with van der Waals surface area (Å²) in [4.78, 5) is 22.7. The van der Waals surface area contributed by atoms with Crippen molar-refractivity contribution >= 4 is 11.9 Å². The van der Waals surface area contributed by atoms with E-state index in [1.165, 1.54) is 26.9 Å². The Kier molecular flexibility index (Phi) is 14.0. The van der Waals surface area contributed by atoms with E-state index in [9.17, 15) is 9.59 Å². The second kappa shape index (κ2) is 16.0. The van der Waals surface area contributed by atoms with Crippen LogP contribution in [0.1, 0.15) is 97.3 Å². The molecule has 4 atom stereocenters. The van der Waals surface area contributed by atoms with Crippen LogP contribution in [0.4, 0.5) is 0 Å². The predicted octanol–water partition coefficient (Wildman–Crippen LogP) is 6.23. The molecule has 0 N–H and O–H groups in total. The monoisotopic (exact) mass is 418 g/mol. The fraction of sp³-hybridized carbons (Fsp3) is 0.769. The van der Waals surface area contributed by atoms with E-state index in [2.05, 4.69) is 29.7 Å². The van der Waals surface area contributed by atoms with E-state index in [0.29, 0.717) is 24.2 Å². The zero-order chi connectivity index (χ0) is 22.2. The number of hydrogen-bond donors (Lipinski definition) is 0. The van der Waals surface area contributed by atoms with Gasteiger partial charge in [0.25, 0.3) is 0 Å². The number of carbonyl (C=O) groups is 2. The van der Waals surface area contributed by atoms with Crippen LogP contribution in [-0.4, -0.2) is 25.2 Å². The molecule has 1 rings (SSSR count). The van der Waals surface area contributed by atoms with Crippen LogP contribution in [0.15, 0.2) is 12.2 Å². The minimum Gasteiger partial charge on any atom is -0.469 e. The summed E-state index contributed by atoms with van der Waals surface area (Å²) in [5.74, 6) is 3.88. The van der Waals surface area contributed by atoms with Gasteiger partial charge in [0, 0.05) is 25.2 Å². The first-order valence-electron chi connectivity index (χ1n) is 11.9. The summed E-state index contributed by atoms with van der Waals surface area (Å²) in [6.07, 6.45) is 23.6. The lowest BCUT2D eigenvalue weighted by Crippen LogP contribution is -2.24. The van der Waals surface area contributed by atoms with Crippen molar-refractivity contribution in [3.05, 3.63) is 12.2 Å². The van der Waals surface area contributed by atoms with Crippen molar-refractivity contribution in [1.29, 1.82) is 0 Å². The van der Waals surface area contributed by atoms with Crippen LogP contribution in [0.2, 0.25) is 0 Å². The molecule has 1 aliphatic rings. The zero-order valence-electron chi connectivity index (χ0n) is 19.4. The molecule has 30 heavy (non-hydrogen) atoms. The quantitative estimate of drug-likeness (QED) is 0.137. The molecule has 1 aliphatic carbocycles. The summed E-state index contributed by atoms with van der Waals surface area (Å²) in [5, 5.41) is 0. The zero-order valence-corrected chi connectivity index (χ0v) is 19.4. The maximum atomic E-state index is 11.5. The van der Waals surface area contributed by atoms with E-state index in [1.54, 1.807) is 0 Å². The van der Waals surface area contributed by atoms with Gasteiger partial charge in [0.1, 0.15) is 6.10 Å². The van der Waals surface area contributed by atoms with Crippen LogP contribution in [-0.2, 0) is 19.1 Å². The van der Waals surface area contributed by atoms with Crippen molar-refractivity contribution in [2.24, 2.45) is 17.8 Å². The van der Waals surface area contributed by atoms with Crippen molar-refractivity contribution in [3.63, 3.8) is 0 Å². The molecule has 0 amide bonds. The lowest BCUT2D eigenvalue weighted by Gasteiger charge is -2.23. The third-order valence-electron chi connectivity index (χ3n) is 6.23. The van der Waals surface area contributed by atoms with Crippen molar-refractivity contribution < 1.29 is 19.1 Å². The van der Waals surface area contributed by atoms with Gasteiger partial charge in [-0.1, -0.05) is 51.2 Å². The molecule has 0 aliphatic heterocycles. The lowest BCUT2D eigenvalue weighted by molar-refractivity contribution is -0.148. The van der Waals surface area contributed by atoms with E-state index in [-0.39, 0.29) is 18.0 Å². The normalized spacial score (nSPS) is 22.0. The molecule has 4 nitrogen and oxygen atoms in total. The highest BCUT2D eigenvalue weighted by molar-refractivity contribution is 5.69. The SMILES string of the molecule is C#C[C@H](CC/C=C/[C@H]1CC[C@@H](OC(C)=O)[C@@H]1CCCCCCC(=O)OC)CCCC. The molecule has 0 aromatic rings. The number of unbranched alkanes of at least 4 members (excludes halogenated alkanes) is 4. The largest absolute Gasteiger partial charge is 0.469 e. The minimum atomic E-state index is -0.180. The van der Waals surface area contributed by atoms with E-state index < -0.39 is 0 Å². The van der Waals surface area contributed by atoms with E-state index in [0.717, 1.165) is 64.2 Å². The molecular formula is C26H42O4. The number of esters is 2. The predicted molar refractivity (Wildman–Crippen MR) is 122 cm³/mol. The Morgan fingerprint density at radius 3 is 2.57 bits per heavy atom. The molecule has 1 saturated carbocycles. The van der Waals surface area contributed by atoms with Crippen molar-refractivity contribution in [2.75, 3.05) is 7.11 Å². The summed E-state index contributed by atoms with van der Waals surface area (Å²) in [6, 6.07) is 0. The first-order chi connectivity index (χ1) is 14.5. The van der Waals surface area contributed by atoms with Crippen LogP contribution < -0.4 is 0 Å². The summed E-state index contributed by atoms with van der Waals surface area (Å²) in [5.41, 5.74) is 0. The van der Waals surface area contributed by atoms with Crippen LogP contribution in [0.3, 0.4) is 0 Å². The molecule has 0 saturated heterocycles. The maximum Gasteiger partial charge on any atom is 0.305 e. The van der Waals surface area contributed by atoms with Gasteiger partial charge in [0.2, 0.25) is 0 Å². The van der Waals surface area contributed by atoms with Crippen LogP contribution in [0, 0.1) is 30.1 Å². The molecular weight excluding hydrogens is 376 g/mol. The van der Waals surface area contributed by atoms with E-state index in [4.69, 9.17) is 11.2 Å². The first-order valence-corrected chi connectivity index (χ1v) is 11.9. The summed E-state index contributed by atoms with van der Waals surface area (Å²) >= 11 is 0. The summed E-state index contributed by atoms with van der Waals surface area (Å²) < 4.78 is 10.3. The number of ether oxygens (including phenoxy) is 2. The van der Waals surface area contributed by atoms with Gasteiger partial charge in [-0.3, -0.25) is 9.59 Å². The number of rotatable bonds is 15. The number of hydrogen-bond acceptors (Lipinski definition) is 4. The Balaban J connectivity index is 2.46. The fourth-order valence-corrected chi connectivity index (χ4v) is 4.49. The number of carbonyl (C=O) groups excluding carboxylic acids is 2. The maximum absolute atomic E-state index is 11.5. The first kappa shape index (κ1) is 26.3. The Morgan fingerprint density at radius 2 is 1.90 bits per heavy atom. The molecule has 170 valence electrons. The third kappa shape index (κ3) is 10.9. The minimum absolute atomic E-state index is 0.0373. The molecule has 1 fully saturated rings. The third-order valence-corrected chi connectivity index (χ3v) is 6.23. The standard InChI is InChI=1S/C26H42O4/c1-5-7-14-22(6-2)15-12-13-16-23-19-20-25(30-21(3)27)24(23)17-10-8-9-11-18-26(28)29-4/h2,13,16,22-25H,5,7-12,14-15,17-20H2,1,3-4H3/b16-13+/t22-,23-,24+,25+/m0/s1. The average molecular weight is 419 g/mol. The smallest absolute Gasteiger partial charge is 0.305 e. The molecule has 0 unspecified atom stereocenters. The van der Waals surface area contributed by atoms with E-state index >= 15 is 0 Å². The highest BCUT2D eigenvalue weighted by Gasteiger charge is 2.36. The second-order valence-electron chi connectivity index (χ2n) is 8.59. The van der Waals surface area contributed by atoms with Crippen LogP contribution in [0.5, 0.6) is 0 Å². The van der Waals surface area contributed by atoms with Gasteiger partial charge >= 0.3 is 11.9 Å². The van der Waals surface area contributed by atoms with Gasteiger partial charge in [-0.25, -0.2) is 0 Å². The molecule has 0 spiro atoms. The Morgan fingerprint density at radius 1 is 1.13 bits per heavy atom. The topological polar surface area (TPSA) is 52.6 Å². The molecule has 0 heterocycles. The van der Waals surface area contributed by atoms with Gasteiger partial charge in [-0.15, -0.1) is 12.3 Å². The Hall–Kier alpha value is -1.76. The second-order valence-corrected chi connectivity index (χ2v) is 8.59. The van der Waals surface area contributed by atoms with Gasteiger partial charge in [0.15, 0.2) is 0 Å². The van der Waals surface area contributed by atoms with Gasteiger partial charge in [-0.2, -0.15) is 0 Å². The molecule has 4 heteroatoms. The van der Waals surface area contributed by atoms with Crippen LogP contribution in [0.25, 0.3) is 0 Å². The number of allylic oxidation sites excluding steroid dienone is 2. The molecule has 0 aromatic heterocycles. The highest BCUT2D eigenvalue weighted by atomic mass is 16.5. The number of methoxy groups -OCH3 is 1. The summed E-state index contributed by atoms with van der Waals surface area (Å²) in [6.45, 7) is 3.70. The molecule has 0 bridgehead atoms. The Bertz CT molecular complexity index is 560. The van der Waals surface area contributed by atoms with Crippen molar-refractivity contribution in [2.45, 2.75) is 103 Å². The summed E-state index contributed by atoms with van der Waals surface area (Å²) in [7, 11) is 1.43. The molecule has 0 radical (unpaired) electrons.